The van der Waals surface area contributed by atoms with Gasteiger partial charge in [-0.1, -0.05) is 37.3 Å². The molecule has 7 heteroatoms. The molecule has 0 bridgehead atoms. The monoisotopic (exact) mass is 445 g/mol. The fourth-order valence-electron chi connectivity index (χ4n) is 2.82. The molecular weight excluding hydrogens is 409 g/mol. The number of ether oxygens (including phenoxy) is 1. The van der Waals surface area contributed by atoms with Crippen molar-refractivity contribution in [3.8, 4) is 5.75 Å². The summed E-state index contributed by atoms with van der Waals surface area (Å²) in [6.45, 7) is 9.61. The molecule has 0 aromatic heterocycles. The first-order chi connectivity index (χ1) is 15.4. The quantitative estimate of drug-likeness (QED) is 0.364. The first-order valence-corrected chi connectivity index (χ1v) is 11.0. The first kappa shape index (κ1) is 27.1. The van der Waals surface area contributed by atoms with Gasteiger partial charge in [-0.2, -0.15) is 0 Å². The summed E-state index contributed by atoms with van der Waals surface area (Å²) < 4.78 is 18.1. The molecule has 0 aliphatic heterocycles. The molecule has 0 saturated heterocycles. The van der Waals surface area contributed by atoms with Gasteiger partial charge in [0.1, 0.15) is 11.6 Å². The zero-order valence-corrected chi connectivity index (χ0v) is 19.4. The Morgan fingerprint density at radius 3 is 2.50 bits per heavy atom. The number of carbonyl (C=O) groups excluding carboxylic acids is 2. The Labute approximate surface area is 191 Å². The van der Waals surface area contributed by atoms with Crippen molar-refractivity contribution >= 4 is 12.3 Å². The fraction of sp³-hybridized carbons (Fsp3) is 0.440. The number of carbonyl (C=O) groups is 2. The van der Waals surface area contributed by atoms with Crippen LogP contribution in [0.4, 0.5) is 4.39 Å². The number of aryl methyl sites for hydroxylation is 1. The van der Waals surface area contributed by atoms with Gasteiger partial charge < -0.3 is 20.3 Å². The molecule has 0 spiro atoms. The van der Waals surface area contributed by atoms with Gasteiger partial charge in [0.2, 0.25) is 12.3 Å². The smallest absolute Gasteiger partial charge is 0.216 e. The van der Waals surface area contributed by atoms with Gasteiger partial charge in [0.25, 0.3) is 0 Å². The van der Waals surface area contributed by atoms with E-state index in [0.717, 1.165) is 43.5 Å². The van der Waals surface area contributed by atoms with Gasteiger partial charge in [-0.15, -0.1) is 0 Å². The predicted octanol–water partition coefficient (Wildman–Crippen LogP) is 3.68. The maximum Gasteiger partial charge on any atom is 0.216 e. The largest absolute Gasteiger partial charge is 0.493 e. The summed E-state index contributed by atoms with van der Waals surface area (Å²) in [6, 6.07) is 14.7. The number of benzene rings is 2. The molecule has 2 rings (SSSR count). The highest BCUT2D eigenvalue weighted by atomic mass is 19.1. The van der Waals surface area contributed by atoms with Crippen molar-refractivity contribution in [3.05, 3.63) is 65.5 Å². The Hall–Kier alpha value is -2.93. The molecule has 6 nitrogen and oxygen atoms in total. The van der Waals surface area contributed by atoms with E-state index < -0.39 is 0 Å². The Morgan fingerprint density at radius 1 is 1.12 bits per heavy atom. The summed E-state index contributed by atoms with van der Waals surface area (Å²) in [6.07, 6.45) is 2.71. The summed E-state index contributed by atoms with van der Waals surface area (Å²) in [5, 5.41) is 6.00. The van der Waals surface area contributed by atoms with Crippen LogP contribution in [0.15, 0.2) is 48.5 Å². The Bertz CT molecular complexity index is 767. The maximum atomic E-state index is 12.8. The third-order valence-electron chi connectivity index (χ3n) is 4.35. The van der Waals surface area contributed by atoms with Crippen LogP contribution in [0, 0.1) is 12.7 Å². The molecule has 2 aromatic carbocycles. The maximum absolute atomic E-state index is 12.8. The van der Waals surface area contributed by atoms with E-state index in [9.17, 15) is 14.0 Å². The van der Waals surface area contributed by atoms with Crippen LogP contribution >= 0.6 is 0 Å². The Balaban J connectivity index is 0.000000363. The van der Waals surface area contributed by atoms with E-state index >= 15 is 0 Å². The van der Waals surface area contributed by atoms with Crippen LogP contribution in [0.2, 0.25) is 0 Å². The molecule has 0 heterocycles. The standard InChI is InChI=1S/C15H23N3O2.C10H13FO/c1-14(20)17-9-5-8-16-10-11-18(13-19)12-15-6-3-2-4-7-15;1-3-4-12-10-6-8(2)5-9(11)7-10/h2-4,6-7,13,16H,5,8-12H2,1H3,(H,17,20);5-7H,3-4H2,1-2H3. The number of halogens is 1. The van der Waals surface area contributed by atoms with Gasteiger partial charge >= 0.3 is 0 Å². The molecular formula is C25H36FN3O3. The number of hydrogen-bond acceptors (Lipinski definition) is 4. The second-order valence-corrected chi connectivity index (χ2v) is 7.46. The van der Waals surface area contributed by atoms with Crippen LogP contribution < -0.4 is 15.4 Å². The molecule has 0 radical (unpaired) electrons. The van der Waals surface area contributed by atoms with Crippen molar-refractivity contribution in [2.24, 2.45) is 0 Å². The molecule has 2 amide bonds. The topological polar surface area (TPSA) is 70.7 Å². The summed E-state index contributed by atoms with van der Waals surface area (Å²) in [5.41, 5.74) is 2.02. The fourth-order valence-corrected chi connectivity index (χ4v) is 2.82. The van der Waals surface area contributed by atoms with E-state index in [1.807, 2.05) is 50.2 Å². The lowest BCUT2D eigenvalue weighted by Gasteiger charge is -2.17. The summed E-state index contributed by atoms with van der Waals surface area (Å²) in [7, 11) is 0. The minimum absolute atomic E-state index is 0.00000821. The first-order valence-electron chi connectivity index (χ1n) is 11.0. The molecule has 0 saturated carbocycles. The van der Waals surface area contributed by atoms with Crippen molar-refractivity contribution in [1.82, 2.24) is 15.5 Å². The highest BCUT2D eigenvalue weighted by Crippen LogP contribution is 2.15. The molecule has 32 heavy (non-hydrogen) atoms. The lowest BCUT2D eigenvalue weighted by Crippen LogP contribution is -2.32. The molecule has 0 aliphatic rings. The second kappa shape index (κ2) is 16.7. The Kier molecular flexibility index (Phi) is 14.2. The average Bonchev–Trinajstić information content (AvgIpc) is 2.76. The second-order valence-electron chi connectivity index (χ2n) is 7.46. The van der Waals surface area contributed by atoms with Crippen molar-refractivity contribution in [2.75, 3.05) is 32.8 Å². The predicted molar refractivity (Wildman–Crippen MR) is 126 cm³/mol. The van der Waals surface area contributed by atoms with Crippen molar-refractivity contribution in [2.45, 2.75) is 40.2 Å². The number of amides is 2. The van der Waals surface area contributed by atoms with Gasteiger partial charge in [-0.3, -0.25) is 9.59 Å². The SMILES string of the molecule is CC(=O)NCCCNCCN(C=O)Cc1ccccc1.CCCOc1cc(C)cc(F)c1. The third-order valence-corrected chi connectivity index (χ3v) is 4.35. The highest BCUT2D eigenvalue weighted by molar-refractivity contribution is 5.72. The zero-order valence-electron chi connectivity index (χ0n) is 19.4. The molecule has 0 fully saturated rings. The lowest BCUT2D eigenvalue weighted by atomic mass is 10.2. The Morgan fingerprint density at radius 2 is 1.88 bits per heavy atom. The summed E-state index contributed by atoms with van der Waals surface area (Å²) in [4.78, 5) is 23.4. The van der Waals surface area contributed by atoms with Crippen LogP contribution in [-0.2, 0) is 16.1 Å². The zero-order chi connectivity index (χ0) is 23.6. The van der Waals surface area contributed by atoms with Gasteiger partial charge in [-0.25, -0.2) is 4.39 Å². The average molecular weight is 446 g/mol. The molecule has 176 valence electrons. The highest BCUT2D eigenvalue weighted by Gasteiger charge is 2.02. The molecule has 0 aliphatic carbocycles. The number of rotatable bonds is 13. The van der Waals surface area contributed by atoms with E-state index in [2.05, 4.69) is 10.6 Å². The molecule has 2 N–H and O–H groups in total. The minimum atomic E-state index is -0.235. The van der Waals surface area contributed by atoms with Crippen LogP contribution in [0.3, 0.4) is 0 Å². The third kappa shape index (κ3) is 13.4. The molecule has 0 unspecified atom stereocenters. The van der Waals surface area contributed by atoms with E-state index in [1.165, 1.54) is 19.1 Å². The summed E-state index contributed by atoms with van der Waals surface area (Å²) in [5.74, 6) is 0.385. The van der Waals surface area contributed by atoms with Crippen LogP contribution in [-0.4, -0.2) is 50.0 Å². The van der Waals surface area contributed by atoms with Gasteiger partial charge in [-0.05, 0) is 49.6 Å². The molecule has 2 aromatic rings. The normalized spacial score (nSPS) is 10.0. The van der Waals surface area contributed by atoms with E-state index in [0.29, 0.717) is 32.0 Å². The minimum Gasteiger partial charge on any atom is -0.493 e. The van der Waals surface area contributed by atoms with Gasteiger partial charge in [0, 0.05) is 39.2 Å². The van der Waals surface area contributed by atoms with E-state index in [4.69, 9.17) is 4.74 Å². The number of nitrogens with one attached hydrogen (secondary N) is 2. The van der Waals surface area contributed by atoms with Crippen LogP contribution in [0.25, 0.3) is 0 Å². The number of hydrogen-bond donors (Lipinski definition) is 2. The van der Waals surface area contributed by atoms with Crippen molar-refractivity contribution < 1.29 is 18.7 Å². The van der Waals surface area contributed by atoms with Crippen LogP contribution in [0.5, 0.6) is 5.75 Å². The van der Waals surface area contributed by atoms with Crippen molar-refractivity contribution in [1.29, 1.82) is 0 Å². The van der Waals surface area contributed by atoms with E-state index in [-0.39, 0.29) is 11.7 Å². The molecule has 0 atom stereocenters. The van der Waals surface area contributed by atoms with Crippen molar-refractivity contribution in [3.63, 3.8) is 0 Å². The van der Waals surface area contributed by atoms with Crippen LogP contribution in [0.1, 0.15) is 37.8 Å². The lowest BCUT2D eigenvalue weighted by molar-refractivity contribution is -0.119. The van der Waals surface area contributed by atoms with Gasteiger partial charge in [0.15, 0.2) is 0 Å². The van der Waals surface area contributed by atoms with E-state index in [1.54, 1.807) is 4.90 Å². The number of nitrogens with zero attached hydrogens (tertiary/aromatic N) is 1. The van der Waals surface area contributed by atoms with Gasteiger partial charge in [0.05, 0.1) is 6.61 Å². The summed E-state index contributed by atoms with van der Waals surface area (Å²) >= 11 is 0.